The van der Waals surface area contributed by atoms with Gasteiger partial charge in [0.15, 0.2) is 4.90 Å². The van der Waals surface area contributed by atoms with Crippen LogP contribution in [0.5, 0.6) is 0 Å². The van der Waals surface area contributed by atoms with Crippen molar-refractivity contribution in [1.82, 2.24) is 4.72 Å². The number of hydrogen-bond donors (Lipinski definition) is 1. The van der Waals surface area contributed by atoms with Gasteiger partial charge in [0.2, 0.25) is 10.0 Å². The number of nitrogens with zero attached hydrogens (tertiary/aromatic N) is 4. The number of benzene rings is 1. The predicted octanol–water partition coefficient (Wildman–Crippen LogP) is 2.10. The van der Waals surface area contributed by atoms with Gasteiger partial charge >= 0.3 is 0 Å². The first-order valence-corrected chi connectivity index (χ1v) is 7.31. The Hall–Kier alpha value is -2.23. The minimum Gasteiger partial charge on any atom is -0.258 e. The van der Waals surface area contributed by atoms with Crippen LogP contribution in [-0.2, 0) is 10.0 Å². The Morgan fingerprint density at radius 1 is 1.43 bits per heavy atom. The molecular formula is C10H12FN5O4S. The van der Waals surface area contributed by atoms with Crippen LogP contribution in [0.15, 0.2) is 28.2 Å². The van der Waals surface area contributed by atoms with E-state index in [2.05, 4.69) is 14.7 Å². The second-order valence-electron chi connectivity index (χ2n) is 3.93. The van der Waals surface area contributed by atoms with Crippen molar-refractivity contribution in [3.8, 4) is 0 Å². The van der Waals surface area contributed by atoms with Gasteiger partial charge in [-0.05, 0) is 30.5 Å². The van der Waals surface area contributed by atoms with Gasteiger partial charge < -0.3 is 0 Å². The second-order valence-corrected chi connectivity index (χ2v) is 5.66. The predicted molar refractivity (Wildman–Crippen MR) is 71.5 cm³/mol. The molecule has 0 bridgehead atoms. The first kappa shape index (κ1) is 16.8. The van der Waals surface area contributed by atoms with Crippen LogP contribution in [0.1, 0.15) is 12.8 Å². The van der Waals surface area contributed by atoms with E-state index in [0.717, 1.165) is 12.1 Å². The number of halogens is 1. The van der Waals surface area contributed by atoms with Crippen molar-refractivity contribution in [3.05, 3.63) is 44.6 Å². The van der Waals surface area contributed by atoms with E-state index < -0.39 is 31.3 Å². The van der Waals surface area contributed by atoms with Crippen molar-refractivity contribution in [3.63, 3.8) is 0 Å². The largest absolute Gasteiger partial charge is 0.292 e. The Kier molecular flexibility index (Phi) is 6.03. The molecule has 0 spiro atoms. The fourth-order valence-electron chi connectivity index (χ4n) is 1.50. The van der Waals surface area contributed by atoms with Crippen molar-refractivity contribution < 1.29 is 17.7 Å². The first-order chi connectivity index (χ1) is 9.88. The molecule has 114 valence electrons. The highest BCUT2D eigenvalue weighted by molar-refractivity contribution is 7.89. The molecule has 11 heteroatoms. The Morgan fingerprint density at radius 3 is 2.76 bits per heavy atom. The minimum absolute atomic E-state index is 0.0256. The Labute approximate surface area is 119 Å². The molecule has 9 nitrogen and oxygen atoms in total. The van der Waals surface area contributed by atoms with Crippen LogP contribution in [0.25, 0.3) is 10.4 Å². The molecule has 0 aliphatic carbocycles. The number of nitro groups is 1. The molecule has 0 saturated heterocycles. The number of nitro benzene ring substituents is 1. The van der Waals surface area contributed by atoms with Crippen LogP contribution in [0, 0.1) is 15.9 Å². The standard InChI is InChI=1S/C10H12FN5O4S/c11-8-3-4-10(9(7-8)16(17)18)21(19,20)14-6-2-1-5-13-15-12/h3-4,7,14H,1-2,5-6H2. The molecule has 0 saturated carbocycles. The molecule has 0 radical (unpaired) electrons. The Balaban J connectivity index is 2.79. The van der Waals surface area contributed by atoms with E-state index in [4.69, 9.17) is 5.53 Å². The van der Waals surface area contributed by atoms with Crippen LogP contribution in [-0.4, -0.2) is 26.4 Å². The van der Waals surface area contributed by atoms with E-state index in [0.29, 0.717) is 18.9 Å². The molecule has 0 aliphatic rings. The molecule has 0 heterocycles. The van der Waals surface area contributed by atoms with Crippen molar-refractivity contribution in [2.75, 3.05) is 13.1 Å². The summed E-state index contributed by atoms with van der Waals surface area (Å²) >= 11 is 0. The molecule has 0 atom stereocenters. The summed E-state index contributed by atoms with van der Waals surface area (Å²) in [6.45, 7) is 0.257. The summed E-state index contributed by atoms with van der Waals surface area (Å²) in [5, 5.41) is 14.1. The quantitative estimate of drug-likeness (QED) is 0.196. The Bertz CT molecular complexity index is 672. The van der Waals surface area contributed by atoms with Crippen molar-refractivity contribution in [2.45, 2.75) is 17.7 Å². The van der Waals surface area contributed by atoms with Gasteiger partial charge in [0.25, 0.3) is 5.69 Å². The van der Waals surface area contributed by atoms with E-state index in [-0.39, 0.29) is 13.1 Å². The van der Waals surface area contributed by atoms with Gasteiger partial charge in [-0.2, -0.15) is 0 Å². The van der Waals surface area contributed by atoms with E-state index in [9.17, 15) is 22.9 Å². The van der Waals surface area contributed by atoms with Crippen LogP contribution in [0.2, 0.25) is 0 Å². The van der Waals surface area contributed by atoms with Gasteiger partial charge in [-0.3, -0.25) is 10.1 Å². The maximum Gasteiger partial charge on any atom is 0.292 e. The van der Waals surface area contributed by atoms with Gasteiger partial charge in [-0.15, -0.1) is 0 Å². The highest BCUT2D eigenvalue weighted by Crippen LogP contribution is 2.24. The van der Waals surface area contributed by atoms with Gasteiger partial charge in [0.1, 0.15) is 5.82 Å². The fraction of sp³-hybridized carbons (Fsp3) is 0.400. The summed E-state index contributed by atoms with van der Waals surface area (Å²) in [4.78, 5) is 11.8. The van der Waals surface area contributed by atoms with Gasteiger partial charge in [0.05, 0.1) is 11.0 Å². The lowest BCUT2D eigenvalue weighted by atomic mass is 10.3. The lowest BCUT2D eigenvalue weighted by Crippen LogP contribution is -2.25. The fourth-order valence-corrected chi connectivity index (χ4v) is 2.72. The zero-order valence-electron chi connectivity index (χ0n) is 10.8. The highest BCUT2D eigenvalue weighted by Gasteiger charge is 2.25. The number of azide groups is 1. The van der Waals surface area contributed by atoms with Crippen molar-refractivity contribution in [1.29, 1.82) is 0 Å². The summed E-state index contributed by atoms with van der Waals surface area (Å²) < 4.78 is 39.0. The molecule has 1 rings (SSSR count). The number of nitrogens with one attached hydrogen (secondary N) is 1. The average molecular weight is 317 g/mol. The zero-order valence-corrected chi connectivity index (χ0v) is 11.6. The molecule has 0 amide bonds. The number of hydrogen-bond acceptors (Lipinski definition) is 5. The summed E-state index contributed by atoms with van der Waals surface area (Å²) in [6, 6.07) is 2.23. The molecule has 21 heavy (non-hydrogen) atoms. The molecule has 0 aromatic heterocycles. The molecule has 0 unspecified atom stereocenters. The average Bonchev–Trinajstić information content (AvgIpc) is 2.42. The summed E-state index contributed by atoms with van der Waals surface area (Å²) in [5.41, 5.74) is 7.24. The van der Waals surface area contributed by atoms with Crippen molar-refractivity contribution >= 4 is 15.7 Å². The number of sulfonamides is 1. The van der Waals surface area contributed by atoms with E-state index in [1.165, 1.54) is 0 Å². The summed E-state index contributed by atoms with van der Waals surface area (Å²) in [5.74, 6) is -0.894. The third kappa shape index (κ3) is 4.99. The molecule has 1 aromatic carbocycles. The summed E-state index contributed by atoms with van der Waals surface area (Å²) in [7, 11) is -4.11. The van der Waals surface area contributed by atoms with Crippen LogP contribution in [0.4, 0.5) is 10.1 Å². The topological polar surface area (TPSA) is 138 Å². The normalized spacial score (nSPS) is 10.9. The van der Waals surface area contributed by atoms with Gasteiger partial charge in [-0.25, -0.2) is 17.5 Å². The van der Waals surface area contributed by atoms with Crippen LogP contribution >= 0.6 is 0 Å². The highest BCUT2D eigenvalue weighted by atomic mass is 32.2. The smallest absolute Gasteiger partial charge is 0.258 e. The first-order valence-electron chi connectivity index (χ1n) is 5.83. The van der Waals surface area contributed by atoms with Gasteiger partial charge in [0, 0.05) is 18.0 Å². The molecule has 1 aromatic rings. The van der Waals surface area contributed by atoms with Crippen molar-refractivity contribution in [2.24, 2.45) is 5.11 Å². The third-order valence-electron chi connectivity index (χ3n) is 2.45. The molecule has 0 fully saturated rings. The lowest BCUT2D eigenvalue weighted by molar-refractivity contribution is -0.388. The number of unbranched alkanes of at least 4 members (excludes halogenated alkanes) is 1. The van der Waals surface area contributed by atoms with Crippen LogP contribution < -0.4 is 4.72 Å². The molecule has 0 aliphatic heterocycles. The lowest BCUT2D eigenvalue weighted by Gasteiger charge is -2.07. The van der Waals surface area contributed by atoms with Gasteiger partial charge in [-0.1, -0.05) is 5.11 Å². The molecular weight excluding hydrogens is 305 g/mol. The SMILES string of the molecule is [N-]=[N+]=NCCCCNS(=O)(=O)c1ccc(F)cc1[N+](=O)[O-]. The minimum atomic E-state index is -4.11. The molecule has 1 N–H and O–H groups in total. The number of rotatable bonds is 8. The Morgan fingerprint density at radius 2 is 2.14 bits per heavy atom. The third-order valence-corrected chi connectivity index (χ3v) is 3.96. The van der Waals surface area contributed by atoms with E-state index in [1.54, 1.807) is 0 Å². The van der Waals surface area contributed by atoms with E-state index >= 15 is 0 Å². The summed E-state index contributed by atoms with van der Waals surface area (Å²) in [6.07, 6.45) is 0.866. The maximum atomic E-state index is 13.0. The van der Waals surface area contributed by atoms with E-state index in [1.807, 2.05) is 0 Å². The van der Waals surface area contributed by atoms with Crippen LogP contribution in [0.3, 0.4) is 0 Å². The second kappa shape index (κ2) is 7.53. The maximum absolute atomic E-state index is 13.0. The monoisotopic (exact) mass is 317 g/mol. The zero-order chi connectivity index (χ0) is 15.9.